The lowest BCUT2D eigenvalue weighted by Gasteiger charge is -2.09. The molecule has 0 heterocycles. The van der Waals surface area contributed by atoms with Crippen LogP contribution in [-0.2, 0) is 6.61 Å². The lowest BCUT2D eigenvalue weighted by molar-refractivity contribution is 0.306. The monoisotopic (exact) mass is 256 g/mol. The molecule has 98 valence electrons. The van der Waals surface area contributed by atoms with Gasteiger partial charge in [0.15, 0.2) is 0 Å². The summed E-state index contributed by atoms with van der Waals surface area (Å²) in [5, 5.41) is 18.2. The van der Waals surface area contributed by atoms with Gasteiger partial charge in [0.1, 0.15) is 12.4 Å². The minimum Gasteiger partial charge on any atom is -0.489 e. The molecular formula is C15H17BO3. The van der Waals surface area contributed by atoms with Gasteiger partial charge in [-0.25, -0.2) is 0 Å². The van der Waals surface area contributed by atoms with Crippen LogP contribution in [0.5, 0.6) is 5.75 Å². The number of hydrogen-bond donors (Lipinski definition) is 2. The minimum absolute atomic E-state index is 0.406. The Morgan fingerprint density at radius 1 is 1.00 bits per heavy atom. The van der Waals surface area contributed by atoms with Gasteiger partial charge in [-0.1, -0.05) is 30.3 Å². The van der Waals surface area contributed by atoms with Crippen LogP contribution in [0.2, 0.25) is 0 Å². The summed E-state index contributed by atoms with van der Waals surface area (Å²) in [4.78, 5) is 0. The number of rotatable bonds is 4. The summed E-state index contributed by atoms with van der Waals surface area (Å²) in [7, 11) is -1.44. The third-order valence-electron chi connectivity index (χ3n) is 2.85. The summed E-state index contributed by atoms with van der Waals surface area (Å²) in [6.07, 6.45) is 0. The van der Waals surface area contributed by atoms with Gasteiger partial charge in [-0.3, -0.25) is 0 Å². The Kier molecular flexibility index (Phi) is 4.25. The molecule has 0 unspecified atom stereocenters. The van der Waals surface area contributed by atoms with Crippen molar-refractivity contribution in [3.05, 3.63) is 59.2 Å². The first kappa shape index (κ1) is 13.7. The van der Waals surface area contributed by atoms with Crippen LogP contribution in [0.25, 0.3) is 0 Å². The zero-order chi connectivity index (χ0) is 13.8. The number of benzene rings is 2. The average molecular weight is 256 g/mol. The van der Waals surface area contributed by atoms with Gasteiger partial charge in [0.2, 0.25) is 0 Å². The number of hydrogen-bond acceptors (Lipinski definition) is 3. The van der Waals surface area contributed by atoms with E-state index in [1.807, 2.05) is 32.0 Å². The van der Waals surface area contributed by atoms with Crippen LogP contribution in [0.15, 0.2) is 42.5 Å². The molecule has 0 aromatic heterocycles. The molecular weight excluding hydrogens is 239 g/mol. The highest BCUT2D eigenvalue weighted by Crippen LogP contribution is 2.17. The van der Waals surface area contributed by atoms with Gasteiger partial charge in [-0.2, -0.15) is 0 Å². The van der Waals surface area contributed by atoms with Crippen molar-refractivity contribution in [3.8, 4) is 5.75 Å². The number of ether oxygens (including phenoxy) is 1. The van der Waals surface area contributed by atoms with Crippen LogP contribution in [-0.4, -0.2) is 17.2 Å². The molecule has 0 aliphatic rings. The van der Waals surface area contributed by atoms with Crippen LogP contribution in [0.3, 0.4) is 0 Å². The van der Waals surface area contributed by atoms with Crippen molar-refractivity contribution < 1.29 is 14.8 Å². The van der Waals surface area contributed by atoms with E-state index in [0.29, 0.717) is 12.1 Å². The first-order chi connectivity index (χ1) is 9.04. The molecule has 0 bridgehead atoms. The van der Waals surface area contributed by atoms with E-state index in [9.17, 15) is 0 Å². The molecule has 0 atom stereocenters. The Hall–Kier alpha value is -1.78. The molecule has 2 rings (SSSR count). The van der Waals surface area contributed by atoms with Crippen molar-refractivity contribution in [2.45, 2.75) is 20.5 Å². The zero-order valence-electron chi connectivity index (χ0n) is 11.1. The Bertz CT molecular complexity index is 547. The second kappa shape index (κ2) is 5.91. The van der Waals surface area contributed by atoms with Crippen molar-refractivity contribution in [1.29, 1.82) is 0 Å². The van der Waals surface area contributed by atoms with E-state index in [1.165, 1.54) is 0 Å². The molecule has 0 amide bonds. The van der Waals surface area contributed by atoms with Crippen LogP contribution >= 0.6 is 0 Å². The number of aryl methyl sites for hydroxylation is 2. The van der Waals surface area contributed by atoms with E-state index in [4.69, 9.17) is 14.8 Å². The van der Waals surface area contributed by atoms with Crippen molar-refractivity contribution in [3.63, 3.8) is 0 Å². The molecule has 0 aliphatic carbocycles. The Morgan fingerprint density at radius 3 is 2.32 bits per heavy atom. The molecule has 19 heavy (non-hydrogen) atoms. The summed E-state index contributed by atoms with van der Waals surface area (Å²) < 4.78 is 5.73. The summed E-state index contributed by atoms with van der Waals surface area (Å²) in [5.74, 6) is 0.826. The summed E-state index contributed by atoms with van der Waals surface area (Å²) >= 11 is 0. The van der Waals surface area contributed by atoms with Crippen molar-refractivity contribution in [2.75, 3.05) is 0 Å². The topological polar surface area (TPSA) is 49.7 Å². The SMILES string of the molecule is Cc1cc(C)cc(OCc2cccc(B(O)O)c2)c1. The van der Waals surface area contributed by atoms with Gasteiger partial charge in [0, 0.05) is 0 Å². The fourth-order valence-electron chi connectivity index (χ4n) is 2.03. The molecule has 2 N–H and O–H groups in total. The van der Waals surface area contributed by atoms with Gasteiger partial charge in [0.25, 0.3) is 0 Å². The van der Waals surface area contributed by atoms with Crippen LogP contribution in [0.1, 0.15) is 16.7 Å². The van der Waals surface area contributed by atoms with Crippen molar-refractivity contribution in [1.82, 2.24) is 0 Å². The van der Waals surface area contributed by atoms with E-state index in [-0.39, 0.29) is 0 Å². The van der Waals surface area contributed by atoms with Gasteiger partial charge in [-0.05, 0) is 48.1 Å². The van der Waals surface area contributed by atoms with Crippen molar-refractivity contribution in [2.24, 2.45) is 0 Å². The third kappa shape index (κ3) is 3.84. The fraction of sp³-hybridized carbons (Fsp3) is 0.200. The molecule has 3 nitrogen and oxygen atoms in total. The first-order valence-electron chi connectivity index (χ1n) is 6.20. The molecule has 0 aliphatic heterocycles. The molecule has 0 saturated heterocycles. The maximum atomic E-state index is 9.12. The normalized spacial score (nSPS) is 10.3. The largest absolute Gasteiger partial charge is 0.489 e. The highest BCUT2D eigenvalue weighted by Gasteiger charge is 2.10. The maximum Gasteiger partial charge on any atom is 0.488 e. The fourth-order valence-corrected chi connectivity index (χ4v) is 2.03. The van der Waals surface area contributed by atoms with Crippen LogP contribution < -0.4 is 10.2 Å². The minimum atomic E-state index is -1.44. The highest BCUT2D eigenvalue weighted by atomic mass is 16.5. The molecule has 0 saturated carbocycles. The summed E-state index contributed by atoms with van der Waals surface area (Å²) in [6, 6.07) is 13.1. The second-order valence-corrected chi connectivity index (χ2v) is 4.73. The lowest BCUT2D eigenvalue weighted by atomic mass is 9.80. The van der Waals surface area contributed by atoms with Gasteiger partial charge < -0.3 is 14.8 Å². The molecule has 2 aromatic rings. The van der Waals surface area contributed by atoms with E-state index in [1.54, 1.807) is 18.2 Å². The quantitative estimate of drug-likeness (QED) is 0.816. The molecule has 4 heteroatoms. The van der Waals surface area contributed by atoms with Crippen molar-refractivity contribution >= 4 is 12.6 Å². The van der Waals surface area contributed by atoms with E-state index in [2.05, 4.69) is 6.07 Å². The Balaban J connectivity index is 2.07. The Labute approximate surface area is 113 Å². The average Bonchev–Trinajstić information content (AvgIpc) is 2.35. The smallest absolute Gasteiger partial charge is 0.488 e. The molecule has 0 fully saturated rings. The highest BCUT2D eigenvalue weighted by molar-refractivity contribution is 6.58. The Morgan fingerprint density at radius 2 is 1.68 bits per heavy atom. The third-order valence-corrected chi connectivity index (χ3v) is 2.85. The molecule has 0 spiro atoms. The second-order valence-electron chi connectivity index (χ2n) is 4.73. The summed E-state index contributed by atoms with van der Waals surface area (Å²) in [5.41, 5.74) is 3.70. The van der Waals surface area contributed by atoms with Gasteiger partial charge >= 0.3 is 7.12 Å². The van der Waals surface area contributed by atoms with E-state index >= 15 is 0 Å². The van der Waals surface area contributed by atoms with Gasteiger partial charge in [-0.15, -0.1) is 0 Å². The maximum absolute atomic E-state index is 9.12. The van der Waals surface area contributed by atoms with Crippen LogP contribution in [0.4, 0.5) is 0 Å². The van der Waals surface area contributed by atoms with E-state index < -0.39 is 7.12 Å². The van der Waals surface area contributed by atoms with Crippen LogP contribution in [0, 0.1) is 13.8 Å². The van der Waals surface area contributed by atoms with E-state index in [0.717, 1.165) is 22.4 Å². The standard InChI is InChI=1S/C15H17BO3/c1-11-6-12(2)8-15(7-11)19-10-13-4-3-5-14(9-13)16(17)18/h3-9,17-18H,10H2,1-2H3. The predicted octanol–water partition coefficient (Wildman–Crippen LogP) is 1.56. The first-order valence-corrected chi connectivity index (χ1v) is 6.20. The molecule has 0 radical (unpaired) electrons. The lowest BCUT2D eigenvalue weighted by Crippen LogP contribution is -2.29. The molecule has 2 aromatic carbocycles. The zero-order valence-corrected chi connectivity index (χ0v) is 11.1. The predicted molar refractivity (Wildman–Crippen MR) is 76.5 cm³/mol. The summed E-state index contributed by atoms with van der Waals surface area (Å²) in [6.45, 7) is 4.47. The van der Waals surface area contributed by atoms with Gasteiger partial charge in [0.05, 0.1) is 0 Å².